The maximum absolute atomic E-state index is 12.1. The fourth-order valence-electron chi connectivity index (χ4n) is 1.50. The first-order chi connectivity index (χ1) is 8.10. The monoisotopic (exact) mass is 240 g/mol. The van der Waals surface area contributed by atoms with Crippen molar-refractivity contribution >= 4 is 5.91 Å². The Bertz CT molecular complexity index is 356. The topological polar surface area (TPSA) is 73.4 Å². The summed E-state index contributed by atoms with van der Waals surface area (Å²) in [5.41, 5.74) is 6.90. The van der Waals surface area contributed by atoms with E-state index in [1.807, 2.05) is 14.0 Å². The number of carbonyl (C=O) groups excluding carboxylic acids is 1. The first kappa shape index (κ1) is 13.7. The molecule has 0 fully saturated rings. The molecule has 0 aromatic carbocycles. The first-order valence-corrected chi connectivity index (χ1v) is 5.59. The minimum Gasteiger partial charge on any atom is -0.383 e. The lowest BCUT2D eigenvalue weighted by atomic mass is 10.3. The van der Waals surface area contributed by atoms with Gasteiger partial charge in [0.05, 0.1) is 6.61 Å². The van der Waals surface area contributed by atoms with Gasteiger partial charge < -0.3 is 15.4 Å². The van der Waals surface area contributed by atoms with Crippen LogP contribution in [-0.2, 0) is 11.8 Å². The number of hydrogen-bond acceptors (Lipinski definition) is 4. The SMILES string of the molecule is COCCN(CCN)C(=O)c1cc(C)n(C)n1. The van der Waals surface area contributed by atoms with Gasteiger partial charge in [0, 0.05) is 39.5 Å². The van der Waals surface area contributed by atoms with Crippen LogP contribution in [0.5, 0.6) is 0 Å². The summed E-state index contributed by atoms with van der Waals surface area (Å²) in [7, 11) is 3.42. The van der Waals surface area contributed by atoms with Crippen molar-refractivity contribution in [3.63, 3.8) is 0 Å². The minimum absolute atomic E-state index is 0.101. The Labute approximate surface area is 101 Å². The summed E-state index contributed by atoms with van der Waals surface area (Å²) in [6.45, 7) is 3.88. The molecule has 1 heterocycles. The number of hydrogen-bond donors (Lipinski definition) is 1. The second-order valence-electron chi connectivity index (χ2n) is 3.87. The second kappa shape index (κ2) is 6.36. The summed E-state index contributed by atoms with van der Waals surface area (Å²) in [5.74, 6) is -0.101. The molecule has 0 bridgehead atoms. The lowest BCUT2D eigenvalue weighted by Gasteiger charge is -2.20. The summed E-state index contributed by atoms with van der Waals surface area (Å²) in [6, 6.07) is 1.78. The summed E-state index contributed by atoms with van der Waals surface area (Å²) >= 11 is 0. The summed E-state index contributed by atoms with van der Waals surface area (Å²) in [6.07, 6.45) is 0. The molecular formula is C11H20N4O2. The van der Waals surface area contributed by atoms with E-state index in [1.54, 1.807) is 22.8 Å². The highest BCUT2D eigenvalue weighted by molar-refractivity contribution is 5.92. The van der Waals surface area contributed by atoms with Crippen molar-refractivity contribution in [1.82, 2.24) is 14.7 Å². The van der Waals surface area contributed by atoms with Gasteiger partial charge in [-0.1, -0.05) is 0 Å². The fraction of sp³-hybridized carbons (Fsp3) is 0.636. The van der Waals surface area contributed by atoms with Crippen molar-refractivity contribution in [3.8, 4) is 0 Å². The van der Waals surface area contributed by atoms with Gasteiger partial charge in [0.1, 0.15) is 0 Å². The Hall–Kier alpha value is -1.40. The maximum Gasteiger partial charge on any atom is 0.274 e. The van der Waals surface area contributed by atoms with Crippen LogP contribution in [0.4, 0.5) is 0 Å². The summed E-state index contributed by atoms with van der Waals surface area (Å²) in [5, 5.41) is 4.17. The molecule has 1 aromatic heterocycles. The van der Waals surface area contributed by atoms with Crippen LogP contribution in [0.25, 0.3) is 0 Å². The van der Waals surface area contributed by atoms with Gasteiger partial charge in [-0.25, -0.2) is 0 Å². The Morgan fingerprint density at radius 1 is 1.59 bits per heavy atom. The number of nitrogens with zero attached hydrogens (tertiary/aromatic N) is 3. The van der Waals surface area contributed by atoms with Crippen LogP contribution in [0.2, 0.25) is 0 Å². The van der Waals surface area contributed by atoms with E-state index < -0.39 is 0 Å². The molecule has 0 spiro atoms. The zero-order valence-corrected chi connectivity index (χ0v) is 10.6. The number of methoxy groups -OCH3 is 1. The number of ether oxygens (including phenoxy) is 1. The zero-order valence-electron chi connectivity index (χ0n) is 10.6. The van der Waals surface area contributed by atoms with Crippen molar-refractivity contribution in [2.24, 2.45) is 12.8 Å². The Kier molecular flexibility index (Phi) is 5.11. The van der Waals surface area contributed by atoms with Gasteiger partial charge >= 0.3 is 0 Å². The van der Waals surface area contributed by atoms with E-state index in [1.165, 1.54) is 0 Å². The molecule has 6 heteroatoms. The van der Waals surface area contributed by atoms with Crippen LogP contribution >= 0.6 is 0 Å². The molecule has 2 N–H and O–H groups in total. The van der Waals surface area contributed by atoms with Crippen molar-refractivity contribution < 1.29 is 9.53 Å². The van der Waals surface area contributed by atoms with Crippen molar-refractivity contribution in [2.45, 2.75) is 6.92 Å². The molecule has 0 atom stereocenters. The van der Waals surface area contributed by atoms with E-state index in [-0.39, 0.29) is 5.91 Å². The third-order valence-corrected chi connectivity index (χ3v) is 2.58. The number of aromatic nitrogens is 2. The predicted molar refractivity (Wildman–Crippen MR) is 64.8 cm³/mol. The van der Waals surface area contributed by atoms with Gasteiger partial charge in [0.25, 0.3) is 5.91 Å². The molecule has 0 saturated carbocycles. The lowest BCUT2D eigenvalue weighted by molar-refractivity contribution is 0.0695. The highest BCUT2D eigenvalue weighted by Crippen LogP contribution is 2.05. The molecular weight excluding hydrogens is 220 g/mol. The average molecular weight is 240 g/mol. The van der Waals surface area contributed by atoms with Gasteiger partial charge in [-0.15, -0.1) is 0 Å². The molecule has 0 unspecified atom stereocenters. The normalized spacial score (nSPS) is 10.6. The van der Waals surface area contributed by atoms with Crippen molar-refractivity contribution in [2.75, 3.05) is 33.4 Å². The molecule has 1 amide bonds. The molecule has 0 aliphatic heterocycles. The van der Waals surface area contributed by atoms with Crippen LogP contribution in [0.15, 0.2) is 6.07 Å². The molecule has 0 aliphatic carbocycles. The van der Waals surface area contributed by atoms with E-state index >= 15 is 0 Å². The van der Waals surface area contributed by atoms with Crippen LogP contribution in [-0.4, -0.2) is 53.9 Å². The summed E-state index contributed by atoms with van der Waals surface area (Å²) < 4.78 is 6.66. The number of nitrogens with two attached hydrogens (primary N) is 1. The third kappa shape index (κ3) is 3.54. The minimum atomic E-state index is -0.101. The molecule has 1 rings (SSSR count). The molecule has 0 aliphatic rings. The largest absolute Gasteiger partial charge is 0.383 e. The van der Waals surface area contributed by atoms with E-state index in [2.05, 4.69) is 5.10 Å². The van der Waals surface area contributed by atoms with Crippen LogP contribution in [0, 0.1) is 6.92 Å². The highest BCUT2D eigenvalue weighted by Gasteiger charge is 2.18. The second-order valence-corrected chi connectivity index (χ2v) is 3.87. The van der Waals surface area contributed by atoms with Gasteiger partial charge in [0.15, 0.2) is 5.69 Å². The van der Waals surface area contributed by atoms with Gasteiger partial charge in [-0.3, -0.25) is 9.48 Å². The van der Waals surface area contributed by atoms with E-state index in [0.717, 1.165) is 5.69 Å². The van der Waals surface area contributed by atoms with E-state index in [0.29, 0.717) is 31.9 Å². The smallest absolute Gasteiger partial charge is 0.274 e. The highest BCUT2D eigenvalue weighted by atomic mass is 16.5. The van der Waals surface area contributed by atoms with Crippen LogP contribution < -0.4 is 5.73 Å². The van der Waals surface area contributed by atoms with Crippen molar-refractivity contribution in [3.05, 3.63) is 17.5 Å². The Morgan fingerprint density at radius 3 is 2.76 bits per heavy atom. The molecule has 1 aromatic rings. The van der Waals surface area contributed by atoms with Gasteiger partial charge in [0.2, 0.25) is 0 Å². The maximum atomic E-state index is 12.1. The fourth-order valence-corrected chi connectivity index (χ4v) is 1.50. The van der Waals surface area contributed by atoms with Crippen molar-refractivity contribution in [1.29, 1.82) is 0 Å². The van der Waals surface area contributed by atoms with E-state index in [4.69, 9.17) is 10.5 Å². The zero-order chi connectivity index (χ0) is 12.8. The Balaban J connectivity index is 2.76. The quantitative estimate of drug-likeness (QED) is 0.746. The number of aryl methyl sites for hydroxylation is 2. The number of carbonyl (C=O) groups is 1. The molecule has 96 valence electrons. The molecule has 17 heavy (non-hydrogen) atoms. The number of amides is 1. The standard InChI is InChI=1S/C11H20N4O2/c1-9-8-10(13-14(9)2)11(16)15(5-4-12)6-7-17-3/h8H,4-7,12H2,1-3H3. The average Bonchev–Trinajstić information content (AvgIpc) is 2.64. The van der Waals surface area contributed by atoms with Gasteiger partial charge in [-0.05, 0) is 13.0 Å². The third-order valence-electron chi connectivity index (χ3n) is 2.58. The van der Waals surface area contributed by atoms with Gasteiger partial charge in [-0.2, -0.15) is 5.10 Å². The van der Waals surface area contributed by atoms with Crippen LogP contribution in [0.1, 0.15) is 16.2 Å². The first-order valence-electron chi connectivity index (χ1n) is 5.59. The lowest BCUT2D eigenvalue weighted by Crippen LogP contribution is -2.37. The molecule has 0 saturated heterocycles. The number of rotatable bonds is 6. The van der Waals surface area contributed by atoms with E-state index in [9.17, 15) is 4.79 Å². The summed E-state index contributed by atoms with van der Waals surface area (Å²) in [4.78, 5) is 13.8. The molecule has 6 nitrogen and oxygen atoms in total. The van der Waals surface area contributed by atoms with Crippen LogP contribution in [0.3, 0.4) is 0 Å². The predicted octanol–water partition coefficient (Wildman–Crippen LogP) is -0.224. The Morgan fingerprint density at radius 2 is 2.29 bits per heavy atom. The molecule has 0 radical (unpaired) electrons.